The van der Waals surface area contributed by atoms with E-state index in [-0.39, 0.29) is 6.61 Å². The van der Waals surface area contributed by atoms with E-state index in [9.17, 15) is 9.59 Å². The average Bonchev–Trinajstić information content (AvgIpc) is 2.14. The molecule has 0 saturated carbocycles. The molecule has 0 rings (SSSR count). The highest BCUT2D eigenvalue weighted by molar-refractivity contribution is 5.90. The molecule has 0 aromatic heterocycles. The summed E-state index contributed by atoms with van der Waals surface area (Å²) in [6.45, 7) is 1.64. The van der Waals surface area contributed by atoms with E-state index >= 15 is 0 Å². The molecule has 0 amide bonds. The predicted octanol–water partition coefficient (Wildman–Crippen LogP) is 0.331. The van der Waals surface area contributed by atoms with Crippen molar-refractivity contribution in [1.82, 2.24) is 0 Å². The molecule has 1 atom stereocenters. The maximum absolute atomic E-state index is 10.9. The molecule has 0 aromatic rings. The molecule has 0 fully saturated rings. The maximum Gasteiger partial charge on any atom is 0.331 e. The summed E-state index contributed by atoms with van der Waals surface area (Å²) in [5.74, 6) is -1.96. The number of hydrogen-bond acceptors (Lipinski definition) is 4. The number of aliphatic carboxylic acids is 1. The number of esters is 1. The van der Waals surface area contributed by atoms with E-state index in [0.717, 1.165) is 12.5 Å². The Labute approximate surface area is 82.0 Å². The van der Waals surface area contributed by atoms with Gasteiger partial charge in [0, 0.05) is 12.2 Å². The van der Waals surface area contributed by atoms with Gasteiger partial charge in [-0.05, 0) is 6.42 Å². The summed E-state index contributed by atoms with van der Waals surface area (Å²) in [6, 6.07) is 0. The van der Waals surface area contributed by atoms with Crippen LogP contribution < -0.4 is 0 Å². The molecule has 0 aliphatic carbocycles. The predicted molar refractivity (Wildman–Crippen MR) is 48.6 cm³/mol. The fourth-order valence-electron chi connectivity index (χ4n) is 0.852. The Hall–Kier alpha value is -1.36. The molecule has 0 radical (unpaired) electrons. The zero-order valence-corrected chi connectivity index (χ0v) is 7.97. The zero-order chi connectivity index (χ0) is 11.0. The van der Waals surface area contributed by atoms with Crippen LogP contribution in [0.4, 0.5) is 0 Å². The monoisotopic (exact) mass is 202 g/mol. The number of carbonyl (C=O) groups is 2. The van der Waals surface area contributed by atoms with Gasteiger partial charge in [-0.2, -0.15) is 0 Å². The van der Waals surface area contributed by atoms with Gasteiger partial charge in [-0.25, -0.2) is 9.59 Å². The summed E-state index contributed by atoms with van der Waals surface area (Å²) in [7, 11) is 0. The Balaban J connectivity index is 3.96. The molecule has 14 heavy (non-hydrogen) atoms. The molecule has 0 spiro atoms. The van der Waals surface area contributed by atoms with Crippen LogP contribution in [0.3, 0.4) is 0 Å². The van der Waals surface area contributed by atoms with Gasteiger partial charge in [-0.3, -0.25) is 0 Å². The summed E-state index contributed by atoms with van der Waals surface area (Å²) in [5, 5.41) is 17.0. The number of carboxylic acid groups (broad SMARTS) is 1. The largest absolute Gasteiger partial charge is 0.478 e. The van der Waals surface area contributed by atoms with Gasteiger partial charge in [0.2, 0.25) is 0 Å². The molecular weight excluding hydrogens is 188 g/mol. The number of hydrogen-bond donors (Lipinski definition) is 2. The summed E-state index contributed by atoms with van der Waals surface area (Å²) in [5.41, 5.74) is 0. The van der Waals surface area contributed by atoms with E-state index in [1.54, 1.807) is 0 Å². The maximum atomic E-state index is 10.9. The van der Waals surface area contributed by atoms with Gasteiger partial charge in [0.25, 0.3) is 0 Å². The van der Waals surface area contributed by atoms with E-state index < -0.39 is 18.0 Å². The third-order valence-electron chi connectivity index (χ3n) is 1.46. The third-order valence-corrected chi connectivity index (χ3v) is 1.46. The van der Waals surface area contributed by atoms with Gasteiger partial charge >= 0.3 is 11.9 Å². The smallest absolute Gasteiger partial charge is 0.331 e. The molecule has 0 aliphatic heterocycles. The molecule has 2 N–H and O–H groups in total. The van der Waals surface area contributed by atoms with Crippen molar-refractivity contribution in [1.29, 1.82) is 0 Å². The van der Waals surface area contributed by atoms with Gasteiger partial charge in [0.1, 0.15) is 6.10 Å². The summed E-state index contributed by atoms with van der Waals surface area (Å²) < 4.78 is 4.75. The molecule has 0 aliphatic rings. The molecule has 0 aromatic carbocycles. The first kappa shape index (κ1) is 12.6. The molecule has 5 nitrogen and oxygen atoms in total. The Kier molecular flexibility index (Phi) is 6.39. The van der Waals surface area contributed by atoms with Crippen molar-refractivity contribution in [2.75, 3.05) is 6.61 Å². The minimum atomic E-state index is -1.21. The third kappa shape index (κ3) is 6.19. The topological polar surface area (TPSA) is 83.8 Å². The lowest BCUT2D eigenvalue weighted by molar-refractivity contribution is -0.145. The van der Waals surface area contributed by atoms with Crippen LogP contribution in [0.2, 0.25) is 0 Å². The lowest BCUT2D eigenvalue weighted by Gasteiger charge is -2.12. The van der Waals surface area contributed by atoms with Crippen molar-refractivity contribution >= 4 is 11.9 Å². The quantitative estimate of drug-likeness (QED) is 0.479. The second kappa shape index (κ2) is 7.08. The van der Waals surface area contributed by atoms with E-state index in [4.69, 9.17) is 14.9 Å². The molecule has 5 heteroatoms. The molecule has 1 unspecified atom stereocenters. The first-order valence-electron chi connectivity index (χ1n) is 4.32. The Bertz CT molecular complexity index is 221. The van der Waals surface area contributed by atoms with Gasteiger partial charge in [0.05, 0.1) is 6.61 Å². The number of aliphatic hydroxyl groups is 1. The fraction of sp³-hybridized carbons (Fsp3) is 0.556. The number of carbonyl (C=O) groups excluding carboxylic acids is 1. The lowest BCUT2D eigenvalue weighted by Crippen LogP contribution is -2.20. The van der Waals surface area contributed by atoms with E-state index in [2.05, 4.69) is 0 Å². The minimum Gasteiger partial charge on any atom is -0.478 e. The highest BCUT2D eigenvalue weighted by Crippen LogP contribution is 2.01. The molecule has 0 bridgehead atoms. The number of rotatable bonds is 6. The Morgan fingerprint density at radius 2 is 2.07 bits per heavy atom. The van der Waals surface area contributed by atoms with Crippen molar-refractivity contribution < 1.29 is 24.5 Å². The number of aliphatic hydroxyl groups excluding tert-OH is 1. The van der Waals surface area contributed by atoms with Crippen molar-refractivity contribution in [3.63, 3.8) is 0 Å². The zero-order valence-electron chi connectivity index (χ0n) is 7.97. The SMILES string of the molecule is CCCC(CO)OC(=O)/C=C\C(=O)O. The van der Waals surface area contributed by atoms with Crippen LogP contribution in [0, 0.1) is 0 Å². The van der Waals surface area contributed by atoms with Gasteiger partial charge in [0.15, 0.2) is 0 Å². The molecule has 0 saturated heterocycles. The summed E-state index contributed by atoms with van der Waals surface area (Å²) >= 11 is 0. The normalized spacial score (nSPS) is 12.7. The van der Waals surface area contributed by atoms with Crippen LogP contribution in [0.5, 0.6) is 0 Å². The van der Waals surface area contributed by atoms with Crippen LogP contribution in [0.25, 0.3) is 0 Å². The standard InChI is InChI=1S/C9H14O5/c1-2-3-7(6-10)14-9(13)5-4-8(11)12/h4-5,7,10H,2-3,6H2,1H3,(H,11,12)/b5-4-. The summed E-state index contributed by atoms with van der Waals surface area (Å²) in [6.07, 6.45) is 2.30. The van der Waals surface area contributed by atoms with E-state index in [0.29, 0.717) is 12.5 Å². The minimum absolute atomic E-state index is 0.250. The first-order chi connectivity index (χ1) is 6.60. The highest BCUT2D eigenvalue weighted by atomic mass is 16.5. The molecular formula is C9H14O5. The Morgan fingerprint density at radius 1 is 1.43 bits per heavy atom. The van der Waals surface area contributed by atoms with Crippen LogP contribution in [0.1, 0.15) is 19.8 Å². The van der Waals surface area contributed by atoms with Crippen molar-refractivity contribution in [3.8, 4) is 0 Å². The van der Waals surface area contributed by atoms with Gasteiger partial charge in [-0.1, -0.05) is 13.3 Å². The first-order valence-corrected chi connectivity index (χ1v) is 4.32. The van der Waals surface area contributed by atoms with E-state index in [1.165, 1.54) is 0 Å². The van der Waals surface area contributed by atoms with Crippen molar-refractivity contribution in [3.05, 3.63) is 12.2 Å². The number of ether oxygens (including phenoxy) is 1. The van der Waals surface area contributed by atoms with Crippen LogP contribution >= 0.6 is 0 Å². The molecule has 80 valence electrons. The Morgan fingerprint density at radius 3 is 2.50 bits per heavy atom. The molecule has 0 heterocycles. The number of carboxylic acids is 1. The van der Waals surface area contributed by atoms with Crippen molar-refractivity contribution in [2.45, 2.75) is 25.9 Å². The lowest BCUT2D eigenvalue weighted by atomic mass is 10.2. The van der Waals surface area contributed by atoms with E-state index in [1.807, 2.05) is 6.92 Å². The summed E-state index contributed by atoms with van der Waals surface area (Å²) in [4.78, 5) is 20.9. The average molecular weight is 202 g/mol. The van der Waals surface area contributed by atoms with Gasteiger partial charge < -0.3 is 14.9 Å². The van der Waals surface area contributed by atoms with Crippen LogP contribution in [0.15, 0.2) is 12.2 Å². The van der Waals surface area contributed by atoms with Gasteiger partial charge in [-0.15, -0.1) is 0 Å². The second-order valence-electron chi connectivity index (χ2n) is 2.70. The fourth-order valence-corrected chi connectivity index (χ4v) is 0.852. The van der Waals surface area contributed by atoms with Crippen LogP contribution in [-0.2, 0) is 14.3 Å². The van der Waals surface area contributed by atoms with Crippen molar-refractivity contribution in [2.24, 2.45) is 0 Å². The van der Waals surface area contributed by atoms with Crippen LogP contribution in [-0.4, -0.2) is 34.9 Å². The highest BCUT2D eigenvalue weighted by Gasteiger charge is 2.10. The second-order valence-corrected chi connectivity index (χ2v) is 2.70.